The average molecular weight is 332 g/mol. The summed E-state index contributed by atoms with van der Waals surface area (Å²) < 4.78 is 0. The molecule has 1 aliphatic heterocycles. The van der Waals surface area contributed by atoms with Crippen molar-refractivity contribution in [1.82, 2.24) is 9.80 Å². The van der Waals surface area contributed by atoms with Crippen LogP contribution in [0.15, 0.2) is 30.3 Å². The molecule has 0 radical (unpaired) electrons. The molecule has 7 nitrogen and oxygen atoms in total. The van der Waals surface area contributed by atoms with Gasteiger partial charge in [0.05, 0.1) is 19.0 Å². The summed E-state index contributed by atoms with van der Waals surface area (Å²) in [4.78, 5) is 38.3. The number of likely N-dealkylation sites (tertiary alicyclic amines) is 1. The van der Waals surface area contributed by atoms with Gasteiger partial charge < -0.3 is 16.4 Å². The van der Waals surface area contributed by atoms with Crippen LogP contribution in [0, 0.1) is 5.92 Å². The molecule has 1 aromatic carbocycles. The van der Waals surface area contributed by atoms with Crippen molar-refractivity contribution in [1.29, 1.82) is 0 Å². The Labute approximate surface area is 141 Å². The standard InChI is InChI=1S/C17H24N4O3/c18-15(22)11-21(12-16(19)23)17(24)14-7-4-8-20(10-14)9-13-5-2-1-3-6-13/h1-3,5-6,14H,4,7-12H2,(H2,18,22)(H2,19,23). The third-order valence-electron chi connectivity index (χ3n) is 4.11. The van der Waals surface area contributed by atoms with Gasteiger partial charge in [-0.3, -0.25) is 19.3 Å². The van der Waals surface area contributed by atoms with E-state index in [9.17, 15) is 14.4 Å². The van der Waals surface area contributed by atoms with E-state index >= 15 is 0 Å². The van der Waals surface area contributed by atoms with Crippen molar-refractivity contribution < 1.29 is 14.4 Å². The van der Waals surface area contributed by atoms with Crippen LogP contribution in [-0.4, -0.2) is 53.7 Å². The minimum Gasteiger partial charge on any atom is -0.368 e. The SMILES string of the molecule is NC(=O)CN(CC(N)=O)C(=O)C1CCCN(Cc2ccccc2)C1. The number of piperidine rings is 1. The topological polar surface area (TPSA) is 110 Å². The van der Waals surface area contributed by atoms with Crippen molar-refractivity contribution in [3.05, 3.63) is 35.9 Å². The fourth-order valence-electron chi connectivity index (χ4n) is 3.09. The Balaban J connectivity index is 1.99. The average Bonchev–Trinajstić information content (AvgIpc) is 2.54. The predicted molar refractivity (Wildman–Crippen MR) is 89.4 cm³/mol. The van der Waals surface area contributed by atoms with Crippen LogP contribution in [0.2, 0.25) is 0 Å². The van der Waals surface area contributed by atoms with E-state index < -0.39 is 11.8 Å². The van der Waals surface area contributed by atoms with Crippen molar-refractivity contribution in [2.45, 2.75) is 19.4 Å². The van der Waals surface area contributed by atoms with E-state index in [2.05, 4.69) is 17.0 Å². The second kappa shape index (κ2) is 8.44. The summed E-state index contributed by atoms with van der Waals surface area (Å²) in [6.45, 7) is 1.73. The van der Waals surface area contributed by atoms with Gasteiger partial charge in [-0.15, -0.1) is 0 Å². The van der Waals surface area contributed by atoms with Gasteiger partial charge in [0, 0.05) is 13.1 Å². The van der Waals surface area contributed by atoms with Crippen LogP contribution in [-0.2, 0) is 20.9 Å². The molecule has 24 heavy (non-hydrogen) atoms. The van der Waals surface area contributed by atoms with E-state index in [0.717, 1.165) is 25.9 Å². The van der Waals surface area contributed by atoms with E-state index in [4.69, 9.17) is 11.5 Å². The van der Waals surface area contributed by atoms with E-state index in [1.165, 1.54) is 10.5 Å². The summed E-state index contributed by atoms with van der Waals surface area (Å²) in [5.74, 6) is -1.78. The molecule has 1 aromatic rings. The third kappa shape index (κ3) is 5.34. The number of benzene rings is 1. The molecular formula is C17H24N4O3. The molecule has 1 aliphatic rings. The normalized spacial score (nSPS) is 18.1. The van der Waals surface area contributed by atoms with Crippen LogP contribution in [0.3, 0.4) is 0 Å². The second-order valence-electron chi connectivity index (χ2n) is 6.19. The first-order valence-corrected chi connectivity index (χ1v) is 8.07. The lowest BCUT2D eigenvalue weighted by atomic mass is 9.96. The molecule has 0 saturated carbocycles. The molecular weight excluding hydrogens is 308 g/mol. The van der Waals surface area contributed by atoms with Gasteiger partial charge in [0.1, 0.15) is 0 Å². The number of primary amides is 2. The Bertz CT molecular complexity index is 575. The van der Waals surface area contributed by atoms with Gasteiger partial charge in [-0.05, 0) is 24.9 Å². The summed E-state index contributed by atoms with van der Waals surface area (Å²) in [6.07, 6.45) is 1.63. The zero-order valence-corrected chi connectivity index (χ0v) is 13.7. The Morgan fingerprint density at radius 2 is 1.71 bits per heavy atom. The van der Waals surface area contributed by atoms with Crippen molar-refractivity contribution in [2.75, 3.05) is 26.2 Å². The Hall–Kier alpha value is -2.41. The summed E-state index contributed by atoms with van der Waals surface area (Å²) in [6, 6.07) is 10.1. The smallest absolute Gasteiger partial charge is 0.237 e. The summed E-state index contributed by atoms with van der Waals surface area (Å²) >= 11 is 0. The van der Waals surface area contributed by atoms with Crippen LogP contribution in [0.4, 0.5) is 0 Å². The molecule has 130 valence electrons. The summed E-state index contributed by atoms with van der Waals surface area (Å²) in [5, 5.41) is 0. The van der Waals surface area contributed by atoms with Crippen LogP contribution >= 0.6 is 0 Å². The van der Waals surface area contributed by atoms with E-state index in [1.54, 1.807) is 0 Å². The fraction of sp³-hybridized carbons (Fsp3) is 0.471. The second-order valence-corrected chi connectivity index (χ2v) is 6.19. The monoisotopic (exact) mass is 332 g/mol. The zero-order chi connectivity index (χ0) is 17.5. The molecule has 2 rings (SSSR count). The summed E-state index contributed by atoms with van der Waals surface area (Å²) in [7, 11) is 0. The minimum atomic E-state index is -0.651. The maximum absolute atomic E-state index is 12.7. The number of hydrogen-bond acceptors (Lipinski definition) is 4. The van der Waals surface area contributed by atoms with Gasteiger partial charge in [0.25, 0.3) is 0 Å². The van der Waals surface area contributed by atoms with Crippen LogP contribution in [0.1, 0.15) is 18.4 Å². The fourth-order valence-corrected chi connectivity index (χ4v) is 3.09. The molecule has 0 bridgehead atoms. The summed E-state index contributed by atoms with van der Waals surface area (Å²) in [5.41, 5.74) is 11.5. The highest BCUT2D eigenvalue weighted by Crippen LogP contribution is 2.20. The van der Waals surface area contributed by atoms with Gasteiger partial charge in [-0.2, -0.15) is 0 Å². The minimum absolute atomic E-state index is 0.231. The van der Waals surface area contributed by atoms with Crippen LogP contribution < -0.4 is 11.5 Å². The molecule has 3 amide bonds. The number of nitrogens with two attached hydrogens (primary N) is 2. The lowest BCUT2D eigenvalue weighted by molar-refractivity contribution is -0.142. The quantitative estimate of drug-likeness (QED) is 0.714. The number of nitrogens with zero attached hydrogens (tertiary/aromatic N) is 2. The van der Waals surface area contributed by atoms with Crippen molar-refractivity contribution in [2.24, 2.45) is 17.4 Å². The van der Waals surface area contributed by atoms with Gasteiger partial charge in [-0.25, -0.2) is 0 Å². The highest BCUT2D eigenvalue weighted by molar-refractivity contribution is 5.89. The first kappa shape index (κ1) is 17.9. The molecule has 1 unspecified atom stereocenters. The molecule has 1 atom stereocenters. The number of amides is 3. The molecule has 4 N–H and O–H groups in total. The lowest BCUT2D eigenvalue weighted by Crippen LogP contribution is -2.49. The third-order valence-corrected chi connectivity index (χ3v) is 4.11. The van der Waals surface area contributed by atoms with Crippen LogP contribution in [0.25, 0.3) is 0 Å². The molecule has 0 spiro atoms. The highest BCUT2D eigenvalue weighted by atomic mass is 16.2. The highest BCUT2D eigenvalue weighted by Gasteiger charge is 2.30. The van der Waals surface area contributed by atoms with Gasteiger partial charge in [-0.1, -0.05) is 30.3 Å². The maximum atomic E-state index is 12.7. The van der Waals surface area contributed by atoms with Crippen molar-refractivity contribution in [3.63, 3.8) is 0 Å². The largest absolute Gasteiger partial charge is 0.368 e. The maximum Gasteiger partial charge on any atom is 0.237 e. The first-order valence-electron chi connectivity index (χ1n) is 8.07. The van der Waals surface area contributed by atoms with Crippen molar-refractivity contribution >= 4 is 17.7 Å². The molecule has 1 fully saturated rings. The molecule has 1 saturated heterocycles. The van der Waals surface area contributed by atoms with Crippen molar-refractivity contribution in [3.8, 4) is 0 Å². The van der Waals surface area contributed by atoms with E-state index in [-0.39, 0.29) is 24.9 Å². The van der Waals surface area contributed by atoms with Gasteiger partial charge in [0.15, 0.2) is 0 Å². The lowest BCUT2D eigenvalue weighted by Gasteiger charge is -2.34. The molecule has 0 aliphatic carbocycles. The number of carbonyl (C=O) groups is 3. The Morgan fingerprint density at radius 1 is 1.08 bits per heavy atom. The molecule has 1 heterocycles. The first-order chi connectivity index (χ1) is 11.5. The predicted octanol–water partition coefficient (Wildman–Crippen LogP) is -0.302. The van der Waals surface area contributed by atoms with E-state index in [1.807, 2.05) is 18.2 Å². The zero-order valence-electron chi connectivity index (χ0n) is 13.7. The Morgan fingerprint density at radius 3 is 2.29 bits per heavy atom. The van der Waals surface area contributed by atoms with Gasteiger partial charge >= 0.3 is 0 Å². The number of carbonyl (C=O) groups excluding carboxylic acids is 3. The Kier molecular flexibility index (Phi) is 6.31. The van der Waals surface area contributed by atoms with Crippen LogP contribution in [0.5, 0.6) is 0 Å². The molecule has 0 aromatic heterocycles. The number of hydrogen-bond donors (Lipinski definition) is 2. The molecule has 7 heteroatoms. The van der Waals surface area contributed by atoms with E-state index in [0.29, 0.717) is 6.54 Å². The van der Waals surface area contributed by atoms with Gasteiger partial charge in [0.2, 0.25) is 17.7 Å². The number of rotatable bonds is 7.